The lowest BCUT2D eigenvalue weighted by molar-refractivity contribution is -0.154. The van der Waals surface area contributed by atoms with Crippen LogP contribution >= 0.6 is 23.2 Å². The van der Waals surface area contributed by atoms with Crippen LogP contribution in [0, 0.1) is 5.92 Å². The molecule has 1 fully saturated rings. The van der Waals surface area contributed by atoms with Crippen LogP contribution in [0.2, 0.25) is 10.0 Å². The van der Waals surface area contributed by atoms with E-state index in [9.17, 15) is 9.90 Å². The van der Waals surface area contributed by atoms with Gasteiger partial charge in [-0.2, -0.15) is 0 Å². The van der Waals surface area contributed by atoms with Crippen LogP contribution in [0.1, 0.15) is 31.4 Å². The van der Waals surface area contributed by atoms with Gasteiger partial charge in [-0.05, 0) is 56.5 Å². The number of aliphatic hydroxyl groups is 1. The van der Waals surface area contributed by atoms with Gasteiger partial charge in [0.2, 0.25) is 0 Å². The number of rotatable bonds is 4. The Hall–Kier alpha value is -0.810. The monoisotopic (exact) mass is 345 g/mol. The number of ether oxygens (including phenoxy) is 1. The molecule has 1 saturated heterocycles. The summed E-state index contributed by atoms with van der Waals surface area (Å²) in [7, 11) is 1.30. The molecule has 6 heteroatoms. The van der Waals surface area contributed by atoms with Gasteiger partial charge in [-0.3, -0.25) is 4.90 Å². The molecule has 1 aliphatic heterocycles. The molecule has 22 heavy (non-hydrogen) atoms. The second-order valence-electron chi connectivity index (χ2n) is 5.68. The predicted molar refractivity (Wildman–Crippen MR) is 87.2 cm³/mol. The minimum atomic E-state index is -1.03. The van der Waals surface area contributed by atoms with E-state index < -0.39 is 12.1 Å². The molecule has 4 nitrogen and oxygen atoms in total. The number of hydrogen-bond donors (Lipinski definition) is 1. The molecule has 1 aromatic rings. The zero-order valence-corrected chi connectivity index (χ0v) is 14.3. The molecule has 1 N–H and O–H groups in total. The summed E-state index contributed by atoms with van der Waals surface area (Å²) < 4.78 is 4.60. The van der Waals surface area contributed by atoms with Gasteiger partial charge in [-0.1, -0.05) is 29.3 Å². The number of benzene rings is 1. The number of methoxy groups -OCH3 is 1. The van der Waals surface area contributed by atoms with E-state index in [4.69, 9.17) is 23.2 Å². The number of piperidine rings is 1. The van der Waals surface area contributed by atoms with E-state index in [0.29, 0.717) is 10.0 Å². The number of nitrogens with zero attached hydrogens (tertiary/aromatic N) is 1. The van der Waals surface area contributed by atoms with Crippen LogP contribution in [0.5, 0.6) is 0 Å². The zero-order chi connectivity index (χ0) is 16.3. The molecule has 0 aliphatic carbocycles. The van der Waals surface area contributed by atoms with Gasteiger partial charge >= 0.3 is 5.97 Å². The Balaban J connectivity index is 1.97. The predicted octanol–water partition coefficient (Wildman–Crippen LogP) is 3.30. The van der Waals surface area contributed by atoms with E-state index >= 15 is 0 Å². The van der Waals surface area contributed by atoms with Crippen LogP contribution in [0.25, 0.3) is 0 Å². The normalized spacial score (nSPS) is 19.7. The van der Waals surface area contributed by atoms with Gasteiger partial charge in [0.05, 0.1) is 7.11 Å². The van der Waals surface area contributed by atoms with E-state index in [1.165, 1.54) is 7.11 Å². The quantitative estimate of drug-likeness (QED) is 0.850. The van der Waals surface area contributed by atoms with E-state index in [2.05, 4.69) is 16.6 Å². The van der Waals surface area contributed by atoms with Gasteiger partial charge in [0.25, 0.3) is 0 Å². The van der Waals surface area contributed by atoms with Crippen molar-refractivity contribution in [3.05, 3.63) is 33.8 Å². The summed E-state index contributed by atoms with van der Waals surface area (Å²) in [5, 5.41) is 11.2. The van der Waals surface area contributed by atoms with Gasteiger partial charge < -0.3 is 9.84 Å². The average molecular weight is 346 g/mol. The highest BCUT2D eigenvalue weighted by Crippen LogP contribution is 2.33. The molecule has 0 amide bonds. The van der Waals surface area contributed by atoms with Gasteiger partial charge in [0.1, 0.15) is 0 Å². The largest absolute Gasteiger partial charge is 0.467 e. The third-order valence-corrected chi connectivity index (χ3v) is 4.99. The molecule has 0 saturated carbocycles. The third-order valence-electron chi connectivity index (χ3n) is 4.42. The summed E-state index contributed by atoms with van der Waals surface area (Å²) in [5.74, 6) is -0.594. The first-order valence-corrected chi connectivity index (χ1v) is 8.14. The lowest BCUT2D eigenvalue weighted by atomic mass is 9.90. The third kappa shape index (κ3) is 3.93. The number of hydrogen-bond acceptors (Lipinski definition) is 4. The van der Waals surface area contributed by atoms with Crippen LogP contribution < -0.4 is 0 Å². The fourth-order valence-electron chi connectivity index (χ4n) is 2.97. The van der Waals surface area contributed by atoms with Crippen molar-refractivity contribution in [3.8, 4) is 0 Å². The molecule has 1 aliphatic rings. The fraction of sp³-hybridized carbons (Fsp3) is 0.562. The maximum Gasteiger partial charge on any atom is 0.334 e. The molecule has 2 atom stereocenters. The Morgan fingerprint density at radius 2 is 2.00 bits per heavy atom. The minimum Gasteiger partial charge on any atom is -0.467 e. The van der Waals surface area contributed by atoms with E-state index in [-0.39, 0.29) is 12.0 Å². The number of aliphatic hydroxyl groups excluding tert-OH is 1. The highest BCUT2D eigenvalue weighted by Gasteiger charge is 2.32. The molecular formula is C16H21Cl2NO3. The van der Waals surface area contributed by atoms with Crippen molar-refractivity contribution in [1.29, 1.82) is 0 Å². The first kappa shape index (κ1) is 17.5. The topological polar surface area (TPSA) is 49.8 Å². The Labute approximate surface area is 141 Å². The van der Waals surface area contributed by atoms with Crippen molar-refractivity contribution in [1.82, 2.24) is 4.90 Å². The molecule has 0 spiro atoms. The van der Waals surface area contributed by atoms with Crippen molar-refractivity contribution < 1.29 is 14.6 Å². The van der Waals surface area contributed by atoms with Gasteiger partial charge in [0.15, 0.2) is 6.10 Å². The van der Waals surface area contributed by atoms with Crippen molar-refractivity contribution >= 4 is 29.2 Å². The number of carbonyl (C=O) groups is 1. The van der Waals surface area contributed by atoms with Crippen molar-refractivity contribution in [2.24, 2.45) is 5.92 Å². The highest BCUT2D eigenvalue weighted by atomic mass is 35.5. The summed E-state index contributed by atoms with van der Waals surface area (Å²) in [6.07, 6.45) is 0.485. The van der Waals surface area contributed by atoms with Crippen LogP contribution in [0.3, 0.4) is 0 Å². The molecule has 122 valence electrons. The summed E-state index contributed by atoms with van der Waals surface area (Å²) in [5.41, 5.74) is 1.04. The maximum absolute atomic E-state index is 11.4. The van der Waals surface area contributed by atoms with E-state index in [0.717, 1.165) is 31.5 Å². The molecule has 1 aromatic carbocycles. The maximum atomic E-state index is 11.4. The van der Waals surface area contributed by atoms with Gasteiger partial charge in [-0.25, -0.2) is 4.79 Å². The SMILES string of the molecule is COC(=O)C(O)C1CCN(C(C)c2ccc(Cl)cc2Cl)CC1. The Bertz CT molecular complexity index is 530. The molecule has 1 heterocycles. The van der Waals surface area contributed by atoms with Crippen molar-refractivity contribution in [2.75, 3.05) is 20.2 Å². The van der Waals surface area contributed by atoms with Crippen LogP contribution in [0.4, 0.5) is 0 Å². The molecule has 2 unspecified atom stereocenters. The first-order valence-electron chi connectivity index (χ1n) is 7.39. The smallest absolute Gasteiger partial charge is 0.334 e. The molecule has 2 rings (SSSR count). The standard InChI is InChI=1S/C16H21Cl2NO3/c1-10(13-4-3-12(17)9-14(13)18)19-7-5-11(6-8-19)15(20)16(21)22-2/h3-4,9-11,15,20H,5-8H2,1-2H3. The second kappa shape index (κ2) is 7.64. The second-order valence-corrected chi connectivity index (χ2v) is 6.53. The number of halogens is 2. The van der Waals surface area contributed by atoms with E-state index in [1.807, 2.05) is 12.1 Å². The molecule has 0 radical (unpaired) electrons. The number of likely N-dealkylation sites (tertiary alicyclic amines) is 1. The minimum absolute atomic E-state index is 0.0448. The van der Waals surface area contributed by atoms with Crippen molar-refractivity contribution in [3.63, 3.8) is 0 Å². The lowest BCUT2D eigenvalue weighted by Crippen LogP contribution is -2.41. The number of esters is 1. The molecular weight excluding hydrogens is 325 g/mol. The van der Waals surface area contributed by atoms with Gasteiger partial charge in [-0.15, -0.1) is 0 Å². The molecule has 0 bridgehead atoms. The Morgan fingerprint density at radius 3 is 2.55 bits per heavy atom. The lowest BCUT2D eigenvalue weighted by Gasteiger charge is -2.37. The van der Waals surface area contributed by atoms with Crippen LogP contribution in [-0.2, 0) is 9.53 Å². The first-order chi connectivity index (χ1) is 10.4. The number of carbonyl (C=O) groups excluding carboxylic acids is 1. The highest BCUT2D eigenvalue weighted by molar-refractivity contribution is 6.35. The fourth-order valence-corrected chi connectivity index (χ4v) is 3.54. The zero-order valence-electron chi connectivity index (χ0n) is 12.8. The Morgan fingerprint density at radius 1 is 1.36 bits per heavy atom. The van der Waals surface area contributed by atoms with Gasteiger partial charge in [0, 0.05) is 16.1 Å². The van der Waals surface area contributed by atoms with Crippen LogP contribution in [0.15, 0.2) is 18.2 Å². The Kier molecular flexibility index (Phi) is 6.09. The van der Waals surface area contributed by atoms with Crippen molar-refractivity contribution in [2.45, 2.75) is 31.9 Å². The van der Waals surface area contributed by atoms with E-state index in [1.54, 1.807) is 6.07 Å². The summed E-state index contributed by atoms with van der Waals surface area (Å²) in [4.78, 5) is 13.7. The summed E-state index contributed by atoms with van der Waals surface area (Å²) >= 11 is 12.2. The molecule has 0 aromatic heterocycles. The summed E-state index contributed by atoms with van der Waals surface area (Å²) in [6.45, 7) is 3.71. The van der Waals surface area contributed by atoms with Crippen LogP contribution in [-0.4, -0.2) is 42.3 Å². The average Bonchev–Trinajstić information content (AvgIpc) is 2.53. The summed E-state index contributed by atoms with van der Waals surface area (Å²) in [6, 6.07) is 5.71.